The molecule has 0 fully saturated rings. The van der Waals surface area contributed by atoms with E-state index in [1.54, 1.807) is 7.05 Å². The Bertz CT molecular complexity index is 464. The summed E-state index contributed by atoms with van der Waals surface area (Å²) < 4.78 is 10.1. The molecule has 0 radical (unpaired) electrons. The Kier molecular flexibility index (Phi) is 10.8. The molecular formula is C16H22ClNO4. The van der Waals surface area contributed by atoms with Crippen LogP contribution in [0.4, 0.5) is 0 Å². The van der Waals surface area contributed by atoms with Crippen molar-refractivity contribution in [3.8, 4) is 0 Å². The second-order valence-electron chi connectivity index (χ2n) is 4.44. The fraction of sp³-hybridized carbons (Fsp3) is 0.375. The van der Waals surface area contributed by atoms with Gasteiger partial charge in [0.05, 0.1) is 0 Å². The number of hydrogen-bond donors (Lipinski definition) is 1. The zero-order valence-corrected chi connectivity index (χ0v) is 13.4. The van der Waals surface area contributed by atoms with Gasteiger partial charge in [0, 0.05) is 6.42 Å². The molecule has 0 bridgehead atoms. The van der Waals surface area contributed by atoms with Crippen molar-refractivity contribution in [1.29, 1.82) is 0 Å². The van der Waals surface area contributed by atoms with Crippen LogP contribution in [-0.4, -0.2) is 31.6 Å². The zero-order chi connectivity index (χ0) is 15.5. The highest BCUT2D eigenvalue weighted by atomic mass is 35.5. The quantitative estimate of drug-likeness (QED) is 0.556. The maximum Gasteiger partial charge on any atom is 0.323 e. The molecule has 0 spiro atoms. The Morgan fingerprint density at radius 1 is 1.27 bits per heavy atom. The predicted molar refractivity (Wildman–Crippen MR) is 86.7 cm³/mol. The first kappa shape index (κ1) is 20.1. The fourth-order valence-electron chi connectivity index (χ4n) is 1.70. The molecule has 6 heteroatoms. The fourth-order valence-corrected chi connectivity index (χ4v) is 1.70. The van der Waals surface area contributed by atoms with Crippen molar-refractivity contribution in [1.82, 2.24) is 5.32 Å². The third-order valence-electron chi connectivity index (χ3n) is 2.86. The Morgan fingerprint density at radius 2 is 1.95 bits per heavy atom. The lowest BCUT2D eigenvalue weighted by molar-refractivity contribution is -0.148. The number of carbonyl (C=O) groups excluding carboxylic acids is 2. The van der Waals surface area contributed by atoms with Crippen LogP contribution in [0.1, 0.15) is 18.4 Å². The van der Waals surface area contributed by atoms with E-state index in [9.17, 15) is 9.59 Å². The van der Waals surface area contributed by atoms with E-state index < -0.39 is 6.04 Å². The van der Waals surface area contributed by atoms with Gasteiger partial charge in [-0.15, -0.1) is 12.4 Å². The Hall–Kier alpha value is -1.85. The second-order valence-corrected chi connectivity index (χ2v) is 4.44. The van der Waals surface area contributed by atoms with Gasteiger partial charge in [-0.25, -0.2) is 0 Å². The van der Waals surface area contributed by atoms with Gasteiger partial charge in [-0.05, 0) is 19.0 Å². The third kappa shape index (κ3) is 7.81. The lowest BCUT2D eigenvalue weighted by Crippen LogP contribution is -2.36. The first-order valence-electron chi connectivity index (χ1n) is 6.81. The highest BCUT2D eigenvalue weighted by molar-refractivity contribution is 5.85. The number of ether oxygens (including phenoxy) is 2. The van der Waals surface area contributed by atoms with Crippen LogP contribution in [0.5, 0.6) is 0 Å². The van der Waals surface area contributed by atoms with E-state index in [-0.39, 0.29) is 44.0 Å². The molecule has 0 amide bonds. The van der Waals surface area contributed by atoms with Gasteiger partial charge in [0.2, 0.25) is 0 Å². The molecule has 1 rings (SSSR count). The van der Waals surface area contributed by atoms with Crippen molar-refractivity contribution in [2.24, 2.45) is 0 Å². The average Bonchev–Trinajstić information content (AvgIpc) is 2.52. The molecule has 0 aromatic heterocycles. The van der Waals surface area contributed by atoms with E-state index in [1.807, 2.05) is 30.3 Å². The van der Waals surface area contributed by atoms with Crippen LogP contribution in [0, 0.1) is 0 Å². The van der Waals surface area contributed by atoms with Gasteiger partial charge < -0.3 is 14.8 Å². The van der Waals surface area contributed by atoms with Crippen molar-refractivity contribution in [2.45, 2.75) is 25.5 Å². The van der Waals surface area contributed by atoms with E-state index in [1.165, 1.54) is 6.08 Å². The molecule has 1 atom stereocenters. The number of benzene rings is 1. The van der Waals surface area contributed by atoms with Crippen LogP contribution in [-0.2, 0) is 25.7 Å². The Morgan fingerprint density at radius 3 is 2.55 bits per heavy atom. The number of halogens is 1. The molecule has 5 nitrogen and oxygen atoms in total. The van der Waals surface area contributed by atoms with E-state index in [4.69, 9.17) is 9.47 Å². The lowest BCUT2D eigenvalue weighted by atomic mass is 10.1. The lowest BCUT2D eigenvalue weighted by Gasteiger charge is -2.14. The molecule has 0 aliphatic carbocycles. The molecule has 1 N–H and O–H groups in total. The number of esters is 2. The summed E-state index contributed by atoms with van der Waals surface area (Å²) in [5.74, 6) is -0.733. The Balaban J connectivity index is 0.00000441. The van der Waals surface area contributed by atoms with Crippen molar-refractivity contribution < 1.29 is 19.1 Å². The van der Waals surface area contributed by atoms with E-state index in [2.05, 4.69) is 11.9 Å². The normalized spacial score (nSPS) is 11.0. The summed E-state index contributed by atoms with van der Waals surface area (Å²) in [5.41, 5.74) is 0.922. The van der Waals surface area contributed by atoms with E-state index in [0.717, 1.165) is 5.56 Å². The van der Waals surface area contributed by atoms with Gasteiger partial charge >= 0.3 is 11.9 Å². The van der Waals surface area contributed by atoms with Crippen molar-refractivity contribution in [3.05, 3.63) is 48.6 Å². The summed E-state index contributed by atoms with van der Waals surface area (Å²) in [7, 11) is 1.66. The number of hydrogen-bond acceptors (Lipinski definition) is 5. The van der Waals surface area contributed by atoms with Crippen LogP contribution in [0.2, 0.25) is 0 Å². The minimum atomic E-state index is -0.523. The highest BCUT2D eigenvalue weighted by Crippen LogP contribution is 2.05. The minimum Gasteiger partial charge on any atom is -0.461 e. The first-order valence-corrected chi connectivity index (χ1v) is 6.81. The summed E-state index contributed by atoms with van der Waals surface area (Å²) >= 11 is 0. The molecule has 22 heavy (non-hydrogen) atoms. The van der Waals surface area contributed by atoms with Crippen LogP contribution in [0.15, 0.2) is 43.0 Å². The van der Waals surface area contributed by atoms with Gasteiger partial charge in [0.1, 0.15) is 19.3 Å². The van der Waals surface area contributed by atoms with Crippen molar-refractivity contribution >= 4 is 24.3 Å². The summed E-state index contributed by atoms with van der Waals surface area (Å²) in [5, 5.41) is 2.85. The average molecular weight is 328 g/mol. The van der Waals surface area contributed by atoms with E-state index in [0.29, 0.717) is 6.42 Å². The molecule has 1 aromatic rings. The molecule has 0 heterocycles. The maximum atomic E-state index is 11.9. The topological polar surface area (TPSA) is 64.6 Å². The minimum absolute atomic E-state index is 0. The third-order valence-corrected chi connectivity index (χ3v) is 2.86. The molecule has 1 unspecified atom stereocenters. The van der Waals surface area contributed by atoms with Crippen LogP contribution >= 0.6 is 12.4 Å². The van der Waals surface area contributed by atoms with Crippen molar-refractivity contribution in [3.63, 3.8) is 0 Å². The predicted octanol–water partition coefficient (Wildman–Crippen LogP) is 2.25. The highest BCUT2D eigenvalue weighted by Gasteiger charge is 2.19. The maximum absolute atomic E-state index is 11.9. The monoisotopic (exact) mass is 327 g/mol. The number of likely N-dealkylation sites (N-methyl/N-ethyl adjacent to an activating group) is 1. The van der Waals surface area contributed by atoms with Gasteiger partial charge in [0.25, 0.3) is 0 Å². The number of nitrogens with one attached hydrogen (secondary N) is 1. The van der Waals surface area contributed by atoms with Crippen LogP contribution < -0.4 is 5.32 Å². The SMILES string of the molecule is C=CCOC(=O)CCC(NC)C(=O)OCc1ccccc1.Cl. The summed E-state index contributed by atoms with van der Waals surface area (Å²) in [6, 6.07) is 8.91. The molecule has 0 saturated carbocycles. The molecule has 0 aliphatic rings. The molecule has 1 aromatic carbocycles. The smallest absolute Gasteiger partial charge is 0.323 e. The summed E-state index contributed by atoms with van der Waals surface area (Å²) in [4.78, 5) is 23.3. The van der Waals surface area contributed by atoms with E-state index >= 15 is 0 Å². The molecule has 0 aliphatic heterocycles. The van der Waals surface area contributed by atoms with Crippen molar-refractivity contribution in [2.75, 3.05) is 13.7 Å². The molecular weight excluding hydrogens is 306 g/mol. The largest absolute Gasteiger partial charge is 0.461 e. The van der Waals surface area contributed by atoms with Gasteiger partial charge in [-0.3, -0.25) is 9.59 Å². The number of carbonyl (C=O) groups is 2. The first-order chi connectivity index (χ1) is 10.2. The van der Waals surface area contributed by atoms with Crippen LogP contribution in [0.25, 0.3) is 0 Å². The van der Waals surface area contributed by atoms with Crippen LogP contribution in [0.3, 0.4) is 0 Å². The standard InChI is InChI=1S/C16H21NO4.ClH/c1-3-11-20-15(18)10-9-14(17-2)16(19)21-12-13-7-5-4-6-8-13;/h3-8,14,17H,1,9-12H2,2H3;1H. The molecule has 0 saturated heterocycles. The Labute approximate surface area is 137 Å². The molecule has 122 valence electrons. The second kappa shape index (κ2) is 11.8. The zero-order valence-electron chi connectivity index (χ0n) is 12.6. The van der Waals surface area contributed by atoms with Gasteiger partial charge in [-0.2, -0.15) is 0 Å². The summed E-state index contributed by atoms with van der Waals surface area (Å²) in [6.07, 6.45) is 1.99. The van der Waals surface area contributed by atoms with Gasteiger partial charge in [0.15, 0.2) is 0 Å². The van der Waals surface area contributed by atoms with Gasteiger partial charge in [-0.1, -0.05) is 43.0 Å². The summed E-state index contributed by atoms with van der Waals surface area (Å²) in [6.45, 7) is 3.86. The number of rotatable bonds is 9.